The lowest BCUT2D eigenvalue weighted by atomic mass is 10.0. The van der Waals surface area contributed by atoms with Crippen LogP contribution < -0.4 is 0 Å². The zero-order valence-corrected chi connectivity index (χ0v) is 5.86. The molecule has 1 N–H and O–H groups in total. The lowest BCUT2D eigenvalue weighted by molar-refractivity contribution is -0.925. The van der Waals surface area contributed by atoms with Gasteiger partial charge in [0.2, 0.25) is 5.70 Å². The van der Waals surface area contributed by atoms with E-state index in [1.165, 1.54) is 0 Å². The SMILES string of the molecule is O=C(O)C1=CCC2CC3O[N+]123. The van der Waals surface area contributed by atoms with Crippen molar-refractivity contribution in [1.29, 1.82) is 0 Å². The van der Waals surface area contributed by atoms with E-state index in [0.29, 0.717) is 16.4 Å². The first-order valence-electron chi connectivity index (χ1n) is 3.76. The van der Waals surface area contributed by atoms with Crippen LogP contribution in [0, 0.1) is 0 Å². The molecule has 0 radical (unpaired) electrons. The Morgan fingerprint density at radius 1 is 1.82 bits per heavy atom. The molecule has 3 heterocycles. The number of quaternary nitrogens is 1. The average Bonchev–Trinajstić information content (AvgIpc) is 2.26. The first-order chi connectivity index (χ1) is 5.25. The minimum atomic E-state index is -0.824. The second kappa shape index (κ2) is 1.35. The van der Waals surface area contributed by atoms with E-state index in [1.54, 1.807) is 6.08 Å². The van der Waals surface area contributed by atoms with Crippen molar-refractivity contribution < 1.29 is 19.4 Å². The summed E-state index contributed by atoms with van der Waals surface area (Å²) in [6.45, 7) is 0. The van der Waals surface area contributed by atoms with Crippen molar-refractivity contribution in [2.45, 2.75) is 25.1 Å². The molecule has 3 atom stereocenters. The Bertz CT molecular complexity index is 285. The van der Waals surface area contributed by atoms with Crippen LogP contribution in [0.5, 0.6) is 0 Å². The lowest BCUT2D eigenvalue weighted by Crippen LogP contribution is -2.46. The summed E-state index contributed by atoms with van der Waals surface area (Å²) in [4.78, 5) is 16.0. The molecule has 2 saturated heterocycles. The van der Waals surface area contributed by atoms with Crippen LogP contribution in [0.25, 0.3) is 0 Å². The molecule has 11 heavy (non-hydrogen) atoms. The molecule has 2 fully saturated rings. The summed E-state index contributed by atoms with van der Waals surface area (Å²) in [6, 6.07) is 0.422. The molecule has 4 nitrogen and oxygen atoms in total. The van der Waals surface area contributed by atoms with Gasteiger partial charge in [-0.2, -0.15) is 0 Å². The van der Waals surface area contributed by atoms with Gasteiger partial charge < -0.3 is 5.11 Å². The van der Waals surface area contributed by atoms with Gasteiger partial charge in [-0.25, -0.2) is 4.79 Å². The molecule has 3 aliphatic heterocycles. The Morgan fingerprint density at radius 3 is 3.09 bits per heavy atom. The predicted molar refractivity (Wildman–Crippen MR) is 33.9 cm³/mol. The van der Waals surface area contributed by atoms with Crippen LogP contribution in [-0.4, -0.2) is 28.0 Å². The normalized spacial score (nSPS) is 50.4. The summed E-state index contributed by atoms with van der Waals surface area (Å²) < 4.78 is 0.343. The second-order valence-corrected chi connectivity index (χ2v) is 3.29. The number of rotatable bonds is 1. The fourth-order valence-corrected chi connectivity index (χ4v) is 2.23. The molecule has 0 aliphatic carbocycles. The number of nitrogens with zero attached hydrogens (tertiary/aromatic N) is 1. The molecule has 0 bridgehead atoms. The van der Waals surface area contributed by atoms with Crippen LogP contribution in [0.2, 0.25) is 0 Å². The summed E-state index contributed by atoms with van der Waals surface area (Å²) >= 11 is 0. The highest BCUT2D eigenvalue weighted by atomic mass is 16.9. The summed E-state index contributed by atoms with van der Waals surface area (Å²) in [5.74, 6) is -0.824. The highest BCUT2D eigenvalue weighted by molar-refractivity contribution is 5.84. The third kappa shape index (κ3) is 0.423. The van der Waals surface area contributed by atoms with Gasteiger partial charge in [-0.3, -0.25) is 0 Å². The minimum absolute atomic E-state index is 0.185. The Balaban J connectivity index is 2.02. The van der Waals surface area contributed by atoms with Crippen molar-refractivity contribution in [2.24, 2.45) is 0 Å². The molecule has 3 aliphatic rings. The number of carbonyl (C=O) groups is 1. The first-order valence-corrected chi connectivity index (χ1v) is 3.76. The van der Waals surface area contributed by atoms with Crippen molar-refractivity contribution >= 4 is 5.97 Å². The van der Waals surface area contributed by atoms with Gasteiger partial charge in [0.15, 0.2) is 0 Å². The van der Waals surface area contributed by atoms with Crippen molar-refractivity contribution in [2.75, 3.05) is 0 Å². The number of hydroxylamine groups is 3. The van der Waals surface area contributed by atoms with Gasteiger partial charge in [-0.15, -0.1) is 9.48 Å². The van der Waals surface area contributed by atoms with Crippen LogP contribution in [-0.2, 0) is 9.63 Å². The van der Waals surface area contributed by atoms with E-state index in [2.05, 4.69) is 0 Å². The molecule has 3 rings (SSSR count). The van der Waals surface area contributed by atoms with E-state index in [-0.39, 0.29) is 6.23 Å². The van der Waals surface area contributed by atoms with E-state index in [0.717, 1.165) is 12.8 Å². The Labute approximate surface area is 63.2 Å². The zero-order valence-electron chi connectivity index (χ0n) is 5.86. The van der Waals surface area contributed by atoms with Crippen LogP contribution >= 0.6 is 0 Å². The standard InChI is InChI=1S/C7H7NO3/c9-7(10)5-2-1-4-3-6-8(4,5)11-6/h2,4,6H,1,3H2/p+1. The smallest absolute Gasteiger partial charge is 0.393 e. The number of carboxylic acid groups (broad SMARTS) is 1. The molecule has 0 aromatic carbocycles. The fourth-order valence-electron chi connectivity index (χ4n) is 2.23. The van der Waals surface area contributed by atoms with Crippen LogP contribution in [0.1, 0.15) is 12.8 Å². The molecular formula is C7H8NO3+. The van der Waals surface area contributed by atoms with Gasteiger partial charge in [-0.1, -0.05) is 0 Å². The molecular weight excluding hydrogens is 146 g/mol. The van der Waals surface area contributed by atoms with E-state index in [9.17, 15) is 4.79 Å². The zero-order chi connectivity index (χ0) is 7.64. The number of hydrogen-bond donors (Lipinski definition) is 1. The second-order valence-electron chi connectivity index (χ2n) is 3.29. The molecule has 0 aromatic rings. The Morgan fingerprint density at radius 2 is 2.64 bits per heavy atom. The molecule has 0 amide bonds. The van der Waals surface area contributed by atoms with Gasteiger partial charge in [0, 0.05) is 6.42 Å². The van der Waals surface area contributed by atoms with Gasteiger partial charge >= 0.3 is 5.97 Å². The van der Waals surface area contributed by atoms with Crippen LogP contribution in [0.15, 0.2) is 11.8 Å². The van der Waals surface area contributed by atoms with Gasteiger partial charge in [0.1, 0.15) is 6.04 Å². The average molecular weight is 154 g/mol. The van der Waals surface area contributed by atoms with Crippen molar-refractivity contribution in [3.05, 3.63) is 11.8 Å². The molecule has 0 saturated carbocycles. The third-order valence-corrected chi connectivity index (χ3v) is 2.87. The van der Waals surface area contributed by atoms with E-state index >= 15 is 0 Å². The maximum absolute atomic E-state index is 10.7. The van der Waals surface area contributed by atoms with Gasteiger partial charge in [0.05, 0.1) is 6.42 Å². The minimum Gasteiger partial charge on any atom is -0.474 e. The maximum Gasteiger partial charge on any atom is 0.393 e. The largest absolute Gasteiger partial charge is 0.474 e. The van der Waals surface area contributed by atoms with Crippen LogP contribution in [0.4, 0.5) is 0 Å². The highest BCUT2D eigenvalue weighted by Crippen LogP contribution is 2.59. The summed E-state index contributed by atoms with van der Waals surface area (Å²) in [5.41, 5.74) is 0.450. The van der Waals surface area contributed by atoms with Crippen molar-refractivity contribution in [3.8, 4) is 0 Å². The molecule has 3 unspecified atom stereocenters. The monoisotopic (exact) mass is 154 g/mol. The van der Waals surface area contributed by atoms with Crippen molar-refractivity contribution in [3.63, 3.8) is 0 Å². The number of hydrogen-bond acceptors (Lipinski definition) is 2. The first kappa shape index (κ1) is 5.74. The number of aliphatic carboxylic acids is 1. The molecule has 1 spiro atoms. The maximum atomic E-state index is 10.7. The molecule has 4 heteroatoms. The Kier molecular flexibility index (Phi) is 0.705. The topological polar surface area (TPSA) is 49.8 Å². The molecule has 58 valence electrons. The summed E-state index contributed by atoms with van der Waals surface area (Å²) in [5, 5.41) is 8.76. The highest BCUT2D eigenvalue weighted by Gasteiger charge is 2.80. The summed E-state index contributed by atoms with van der Waals surface area (Å²) in [6.07, 6.45) is 3.88. The Hall–Kier alpha value is -0.870. The van der Waals surface area contributed by atoms with E-state index in [1.807, 2.05) is 0 Å². The van der Waals surface area contributed by atoms with Crippen molar-refractivity contribution in [1.82, 2.24) is 0 Å². The van der Waals surface area contributed by atoms with Gasteiger partial charge in [0.25, 0.3) is 6.23 Å². The van der Waals surface area contributed by atoms with Crippen LogP contribution in [0.3, 0.4) is 0 Å². The van der Waals surface area contributed by atoms with Gasteiger partial charge in [-0.05, 0) is 6.08 Å². The number of carboxylic acids is 1. The van der Waals surface area contributed by atoms with E-state index < -0.39 is 5.97 Å². The lowest BCUT2D eigenvalue weighted by Gasteiger charge is -2.22. The summed E-state index contributed by atoms with van der Waals surface area (Å²) in [7, 11) is 0. The fraction of sp³-hybridized carbons (Fsp3) is 0.571. The van der Waals surface area contributed by atoms with E-state index in [4.69, 9.17) is 9.94 Å². The predicted octanol–water partition coefficient (Wildman–Crippen LogP) is 0.219. The molecule has 0 aromatic heterocycles. The third-order valence-electron chi connectivity index (χ3n) is 2.87. The quantitative estimate of drug-likeness (QED) is 0.434.